The van der Waals surface area contributed by atoms with E-state index in [9.17, 15) is 9.90 Å². The standard InChI is InChI=1S/C19H20N2O4/c22-18(15-3-1-2-8-20-15)13-6-9-21(10-7-13)19(23)14-4-5-16-17(11-14)25-12-24-16/h1-5,8,11,13,18,22H,6-7,9-10,12H2/t18-/m1/s1. The summed E-state index contributed by atoms with van der Waals surface area (Å²) in [6.45, 7) is 1.45. The van der Waals surface area contributed by atoms with Crippen LogP contribution < -0.4 is 9.47 Å². The number of carbonyl (C=O) groups is 1. The fourth-order valence-electron chi connectivity index (χ4n) is 3.42. The zero-order valence-electron chi connectivity index (χ0n) is 13.8. The number of aliphatic hydroxyl groups excluding tert-OH is 1. The maximum atomic E-state index is 12.7. The first-order valence-corrected chi connectivity index (χ1v) is 8.50. The molecule has 0 bridgehead atoms. The first-order chi connectivity index (χ1) is 12.2. The molecule has 1 fully saturated rings. The first-order valence-electron chi connectivity index (χ1n) is 8.50. The molecule has 0 radical (unpaired) electrons. The fraction of sp³-hybridized carbons (Fsp3) is 0.368. The van der Waals surface area contributed by atoms with Gasteiger partial charge >= 0.3 is 0 Å². The highest BCUT2D eigenvalue weighted by molar-refractivity contribution is 5.95. The molecule has 2 aromatic rings. The summed E-state index contributed by atoms with van der Waals surface area (Å²) in [4.78, 5) is 18.8. The molecule has 1 saturated heterocycles. The molecule has 0 aliphatic carbocycles. The summed E-state index contributed by atoms with van der Waals surface area (Å²) < 4.78 is 10.6. The number of benzene rings is 1. The average Bonchev–Trinajstić information content (AvgIpc) is 3.15. The molecule has 0 spiro atoms. The van der Waals surface area contributed by atoms with Crippen molar-refractivity contribution < 1.29 is 19.4 Å². The minimum absolute atomic E-state index is 0.0101. The second-order valence-corrected chi connectivity index (χ2v) is 6.40. The van der Waals surface area contributed by atoms with Crippen LogP contribution in [0.5, 0.6) is 11.5 Å². The van der Waals surface area contributed by atoms with Gasteiger partial charge in [0.2, 0.25) is 6.79 Å². The van der Waals surface area contributed by atoms with E-state index >= 15 is 0 Å². The highest BCUT2D eigenvalue weighted by Crippen LogP contribution is 2.34. The van der Waals surface area contributed by atoms with Gasteiger partial charge in [-0.15, -0.1) is 0 Å². The molecule has 1 amide bonds. The van der Waals surface area contributed by atoms with E-state index in [0.29, 0.717) is 35.8 Å². The molecule has 0 saturated carbocycles. The van der Waals surface area contributed by atoms with Gasteiger partial charge in [-0.1, -0.05) is 6.07 Å². The molecule has 3 heterocycles. The molecule has 1 aromatic carbocycles. The molecule has 2 aliphatic rings. The van der Waals surface area contributed by atoms with Crippen molar-refractivity contribution in [1.82, 2.24) is 9.88 Å². The maximum Gasteiger partial charge on any atom is 0.253 e. The Kier molecular flexibility index (Phi) is 4.28. The third-order valence-corrected chi connectivity index (χ3v) is 4.88. The monoisotopic (exact) mass is 340 g/mol. The van der Waals surface area contributed by atoms with Gasteiger partial charge in [0.25, 0.3) is 5.91 Å². The molecular weight excluding hydrogens is 320 g/mol. The Bertz CT molecular complexity index is 757. The number of hydrogen-bond donors (Lipinski definition) is 1. The lowest BCUT2D eigenvalue weighted by Gasteiger charge is -2.34. The van der Waals surface area contributed by atoms with E-state index in [1.807, 2.05) is 23.1 Å². The summed E-state index contributed by atoms with van der Waals surface area (Å²) >= 11 is 0. The number of carbonyl (C=O) groups excluding carboxylic acids is 1. The van der Waals surface area contributed by atoms with Crippen molar-refractivity contribution in [3.05, 3.63) is 53.9 Å². The summed E-state index contributed by atoms with van der Waals surface area (Å²) in [5, 5.41) is 10.5. The minimum atomic E-state index is -0.580. The number of nitrogens with zero attached hydrogens (tertiary/aromatic N) is 2. The first kappa shape index (κ1) is 15.9. The zero-order valence-corrected chi connectivity index (χ0v) is 13.8. The Morgan fingerprint density at radius 3 is 2.72 bits per heavy atom. The number of ether oxygens (including phenoxy) is 2. The number of likely N-dealkylation sites (tertiary alicyclic amines) is 1. The quantitative estimate of drug-likeness (QED) is 0.929. The van der Waals surface area contributed by atoms with Gasteiger partial charge in [0, 0.05) is 24.8 Å². The molecule has 1 aromatic heterocycles. The molecule has 1 atom stereocenters. The number of rotatable bonds is 3. The van der Waals surface area contributed by atoms with Gasteiger partial charge < -0.3 is 19.5 Å². The van der Waals surface area contributed by atoms with Crippen LogP contribution in [0.15, 0.2) is 42.6 Å². The lowest BCUT2D eigenvalue weighted by Crippen LogP contribution is -2.39. The van der Waals surface area contributed by atoms with Crippen molar-refractivity contribution in [2.45, 2.75) is 18.9 Å². The smallest absolute Gasteiger partial charge is 0.253 e. The maximum absolute atomic E-state index is 12.7. The van der Waals surface area contributed by atoms with Gasteiger partial charge in [0.1, 0.15) is 0 Å². The van der Waals surface area contributed by atoms with Crippen molar-refractivity contribution in [2.75, 3.05) is 19.9 Å². The second kappa shape index (κ2) is 6.72. The summed E-state index contributed by atoms with van der Waals surface area (Å²) in [5.41, 5.74) is 1.30. The Hall–Kier alpha value is -2.60. The second-order valence-electron chi connectivity index (χ2n) is 6.40. The van der Waals surface area contributed by atoms with E-state index in [1.54, 1.807) is 24.4 Å². The molecule has 6 nitrogen and oxygen atoms in total. The lowest BCUT2D eigenvalue weighted by molar-refractivity contribution is 0.0447. The van der Waals surface area contributed by atoms with Crippen molar-refractivity contribution in [1.29, 1.82) is 0 Å². The van der Waals surface area contributed by atoms with Crippen LogP contribution in [0, 0.1) is 5.92 Å². The van der Waals surface area contributed by atoms with E-state index in [4.69, 9.17) is 9.47 Å². The molecular formula is C19H20N2O4. The average molecular weight is 340 g/mol. The Labute approximate surface area is 146 Å². The number of fused-ring (bicyclic) bond motifs is 1. The highest BCUT2D eigenvalue weighted by Gasteiger charge is 2.29. The molecule has 6 heteroatoms. The third-order valence-electron chi connectivity index (χ3n) is 4.88. The van der Waals surface area contributed by atoms with E-state index in [-0.39, 0.29) is 18.6 Å². The van der Waals surface area contributed by atoms with Gasteiger partial charge in [0.05, 0.1) is 11.8 Å². The SMILES string of the molecule is O=C(c1ccc2c(c1)OCO2)N1CCC([C@@H](O)c2ccccn2)CC1. The van der Waals surface area contributed by atoms with Crippen LogP contribution in [-0.4, -0.2) is 40.8 Å². The molecule has 2 aliphatic heterocycles. The van der Waals surface area contributed by atoms with E-state index in [0.717, 1.165) is 12.8 Å². The van der Waals surface area contributed by atoms with Gasteiger partial charge in [-0.2, -0.15) is 0 Å². The van der Waals surface area contributed by atoms with Crippen LogP contribution in [-0.2, 0) is 0 Å². The summed E-state index contributed by atoms with van der Waals surface area (Å²) in [7, 11) is 0. The third kappa shape index (κ3) is 3.17. The van der Waals surface area contributed by atoms with E-state index in [2.05, 4.69) is 4.98 Å². The summed E-state index contributed by atoms with van der Waals surface area (Å²) in [6.07, 6.45) is 2.63. The van der Waals surface area contributed by atoms with Crippen molar-refractivity contribution in [3.63, 3.8) is 0 Å². The van der Waals surface area contributed by atoms with Gasteiger partial charge in [-0.25, -0.2) is 0 Å². The van der Waals surface area contributed by atoms with Crippen molar-refractivity contribution in [2.24, 2.45) is 5.92 Å². The number of amides is 1. The van der Waals surface area contributed by atoms with Crippen LogP contribution in [0.2, 0.25) is 0 Å². The Morgan fingerprint density at radius 1 is 1.16 bits per heavy atom. The van der Waals surface area contributed by atoms with Crippen LogP contribution in [0.3, 0.4) is 0 Å². The molecule has 0 unspecified atom stereocenters. The summed E-state index contributed by atoms with van der Waals surface area (Å²) in [6, 6.07) is 10.8. The largest absolute Gasteiger partial charge is 0.454 e. The van der Waals surface area contributed by atoms with Crippen LogP contribution >= 0.6 is 0 Å². The van der Waals surface area contributed by atoms with Gasteiger partial charge in [-0.3, -0.25) is 9.78 Å². The molecule has 4 rings (SSSR count). The van der Waals surface area contributed by atoms with Crippen molar-refractivity contribution >= 4 is 5.91 Å². The predicted molar refractivity (Wildman–Crippen MR) is 90.4 cm³/mol. The zero-order chi connectivity index (χ0) is 17.2. The summed E-state index contributed by atoms with van der Waals surface area (Å²) in [5.74, 6) is 1.40. The fourth-order valence-corrected chi connectivity index (χ4v) is 3.42. The lowest BCUT2D eigenvalue weighted by atomic mass is 9.89. The number of piperidine rings is 1. The topological polar surface area (TPSA) is 71.9 Å². The van der Waals surface area contributed by atoms with Crippen LogP contribution in [0.1, 0.15) is 35.0 Å². The Morgan fingerprint density at radius 2 is 1.96 bits per heavy atom. The number of aliphatic hydroxyl groups is 1. The van der Waals surface area contributed by atoms with Gasteiger partial charge in [0.15, 0.2) is 11.5 Å². The normalized spacial score (nSPS) is 18.2. The number of aromatic nitrogens is 1. The Balaban J connectivity index is 1.39. The van der Waals surface area contributed by atoms with Crippen molar-refractivity contribution in [3.8, 4) is 11.5 Å². The number of pyridine rings is 1. The highest BCUT2D eigenvalue weighted by atomic mass is 16.7. The number of hydrogen-bond acceptors (Lipinski definition) is 5. The molecule has 25 heavy (non-hydrogen) atoms. The van der Waals surface area contributed by atoms with E-state index in [1.165, 1.54) is 0 Å². The minimum Gasteiger partial charge on any atom is -0.454 e. The van der Waals surface area contributed by atoms with Crippen LogP contribution in [0.25, 0.3) is 0 Å². The molecule has 130 valence electrons. The van der Waals surface area contributed by atoms with E-state index < -0.39 is 6.10 Å². The predicted octanol–water partition coefficient (Wildman–Crippen LogP) is 2.40. The van der Waals surface area contributed by atoms with Crippen LogP contribution in [0.4, 0.5) is 0 Å². The van der Waals surface area contributed by atoms with Gasteiger partial charge in [-0.05, 0) is 49.1 Å². The molecule has 1 N–H and O–H groups in total.